The van der Waals surface area contributed by atoms with Gasteiger partial charge in [-0.1, -0.05) is 6.42 Å². The Hall–Kier alpha value is -0.570. The smallest absolute Gasteiger partial charge is 0.249 e. The van der Waals surface area contributed by atoms with Gasteiger partial charge in [-0.2, -0.15) is 0 Å². The molecule has 1 aliphatic heterocycles. The van der Waals surface area contributed by atoms with Crippen LogP contribution in [0, 0.1) is 17.8 Å². The zero-order chi connectivity index (χ0) is 9.54. The number of hydrogen-bond acceptors (Lipinski definition) is 2. The Morgan fingerprint density at radius 1 is 1.29 bits per heavy atom. The lowest BCUT2D eigenvalue weighted by atomic mass is 9.88. The molecule has 0 radical (unpaired) electrons. The van der Waals surface area contributed by atoms with Gasteiger partial charge in [-0.15, -0.1) is 0 Å². The van der Waals surface area contributed by atoms with Crippen molar-refractivity contribution in [3.63, 3.8) is 0 Å². The van der Waals surface area contributed by atoms with Crippen LogP contribution in [0.25, 0.3) is 0 Å². The van der Waals surface area contributed by atoms with Crippen molar-refractivity contribution in [3.8, 4) is 0 Å². The van der Waals surface area contributed by atoms with Gasteiger partial charge in [0.05, 0.1) is 13.2 Å². The Kier molecular flexibility index (Phi) is 2.01. The van der Waals surface area contributed by atoms with Crippen molar-refractivity contribution in [2.24, 2.45) is 17.8 Å². The van der Waals surface area contributed by atoms with Crippen LogP contribution in [0.4, 0.5) is 0 Å². The molecule has 0 spiro atoms. The molecule has 0 aromatic carbocycles. The number of hydroxylamine groups is 2. The van der Waals surface area contributed by atoms with E-state index in [4.69, 9.17) is 4.84 Å². The predicted molar refractivity (Wildman–Crippen MR) is 51.2 cm³/mol. The van der Waals surface area contributed by atoms with Crippen molar-refractivity contribution in [3.05, 3.63) is 0 Å². The second-order valence-electron chi connectivity index (χ2n) is 4.91. The number of carbonyl (C=O) groups is 1. The third kappa shape index (κ3) is 1.26. The summed E-state index contributed by atoms with van der Waals surface area (Å²) in [6.07, 6.45) is 6.06. The van der Waals surface area contributed by atoms with Gasteiger partial charge in [0.15, 0.2) is 0 Å². The standard InChI is InChI=1S/C11H17NO2/c13-11(12-4-1-5-14-12)10-7-8-2-3-9(10)6-8/h8-10H,1-7H2. The monoisotopic (exact) mass is 195 g/mol. The molecule has 3 nitrogen and oxygen atoms in total. The first kappa shape index (κ1) is 8.72. The van der Waals surface area contributed by atoms with Crippen LogP contribution in [0.3, 0.4) is 0 Å². The van der Waals surface area contributed by atoms with Gasteiger partial charge in [0.25, 0.3) is 0 Å². The van der Waals surface area contributed by atoms with Crippen LogP contribution < -0.4 is 0 Å². The van der Waals surface area contributed by atoms with Crippen molar-refractivity contribution in [1.29, 1.82) is 0 Å². The minimum Gasteiger partial charge on any atom is -0.272 e. The summed E-state index contributed by atoms with van der Waals surface area (Å²) >= 11 is 0. The quantitative estimate of drug-likeness (QED) is 0.636. The first-order chi connectivity index (χ1) is 6.84. The second-order valence-corrected chi connectivity index (χ2v) is 4.91. The molecule has 1 saturated heterocycles. The maximum Gasteiger partial charge on any atom is 0.249 e. The molecule has 0 aromatic rings. The zero-order valence-corrected chi connectivity index (χ0v) is 8.45. The van der Waals surface area contributed by atoms with Gasteiger partial charge in [0.1, 0.15) is 0 Å². The summed E-state index contributed by atoms with van der Waals surface area (Å²) < 4.78 is 0. The molecule has 0 aromatic heterocycles. The van der Waals surface area contributed by atoms with Crippen molar-refractivity contribution in [2.45, 2.75) is 32.1 Å². The molecule has 0 N–H and O–H groups in total. The molecule has 3 rings (SSSR count). The average molecular weight is 195 g/mol. The van der Waals surface area contributed by atoms with Crippen LogP contribution >= 0.6 is 0 Å². The molecule has 78 valence electrons. The molecule has 3 unspecified atom stereocenters. The highest BCUT2D eigenvalue weighted by Gasteiger charge is 2.45. The van der Waals surface area contributed by atoms with Crippen LogP contribution in [0.2, 0.25) is 0 Å². The van der Waals surface area contributed by atoms with Gasteiger partial charge in [0, 0.05) is 5.92 Å². The van der Waals surface area contributed by atoms with Gasteiger partial charge in [-0.3, -0.25) is 9.63 Å². The van der Waals surface area contributed by atoms with Gasteiger partial charge in [-0.25, -0.2) is 5.06 Å². The lowest BCUT2D eigenvalue weighted by Gasteiger charge is -2.24. The van der Waals surface area contributed by atoms with Crippen LogP contribution in [-0.4, -0.2) is 24.1 Å². The number of fused-ring (bicyclic) bond motifs is 2. The predicted octanol–water partition coefficient (Wildman–Crippen LogP) is 1.59. The normalized spacial score (nSPS) is 40.9. The Labute approximate surface area is 84.4 Å². The largest absolute Gasteiger partial charge is 0.272 e. The van der Waals surface area contributed by atoms with Gasteiger partial charge < -0.3 is 0 Å². The summed E-state index contributed by atoms with van der Waals surface area (Å²) in [5.41, 5.74) is 0. The maximum atomic E-state index is 12.0. The molecule has 3 atom stereocenters. The molecule has 2 saturated carbocycles. The van der Waals surface area contributed by atoms with E-state index in [-0.39, 0.29) is 5.91 Å². The third-order valence-corrected chi connectivity index (χ3v) is 4.05. The highest BCUT2D eigenvalue weighted by atomic mass is 16.7. The fourth-order valence-electron chi connectivity index (χ4n) is 3.35. The number of amides is 1. The van der Waals surface area contributed by atoms with Gasteiger partial charge >= 0.3 is 0 Å². The highest BCUT2D eigenvalue weighted by molar-refractivity contribution is 5.78. The van der Waals surface area contributed by atoms with Crippen molar-refractivity contribution in [1.82, 2.24) is 5.06 Å². The molecular weight excluding hydrogens is 178 g/mol. The van der Waals surface area contributed by atoms with Crippen LogP contribution in [0.15, 0.2) is 0 Å². The molecule has 3 aliphatic rings. The Morgan fingerprint density at radius 2 is 2.21 bits per heavy atom. The second kappa shape index (κ2) is 3.23. The average Bonchev–Trinajstić information content (AvgIpc) is 2.93. The Bertz CT molecular complexity index is 248. The summed E-state index contributed by atoms with van der Waals surface area (Å²) in [5, 5.41) is 1.62. The minimum absolute atomic E-state index is 0.273. The summed E-state index contributed by atoms with van der Waals surface area (Å²) in [6.45, 7) is 1.54. The molecule has 3 heteroatoms. The van der Waals surface area contributed by atoms with Gasteiger partial charge in [0.2, 0.25) is 5.91 Å². The third-order valence-electron chi connectivity index (χ3n) is 4.05. The molecule has 2 aliphatic carbocycles. The summed E-state index contributed by atoms with van der Waals surface area (Å²) in [5.74, 6) is 2.09. The van der Waals surface area contributed by atoms with E-state index in [9.17, 15) is 4.79 Å². The molecule has 1 amide bonds. The van der Waals surface area contributed by atoms with E-state index in [1.807, 2.05) is 0 Å². The SMILES string of the molecule is O=C(C1CC2CCC1C2)N1CCCO1. The van der Waals surface area contributed by atoms with E-state index >= 15 is 0 Å². The summed E-state index contributed by atoms with van der Waals surface area (Å²) in [7, 11) is 0. The minimum atomic E-state index is 0.273. The van der Waals surface area contributed by atoms with E-state index < -0.39 is 0 Å². The molecule has 3 fully saturated rings. The lowest BCUT2D eigenvalue weighted by Crippen LogP contribution is -2.35. The number of hydrogen-bond donors (Lipinski definition) is 0. The van der Waals surface area contributed by atoms with E-state index in [2.05, 4.69) is 0 Å². The van der Waals surface area contributed by atoms with Crippen molar-refractivity contribution in [2.75, 3.05) is 13.2 Å². The molecule has 1 heterocycles. The topological polar surface area (TPSA) is 29.5 Å². The van der Waals surface area contributed by atoms with Crippen molar-refractivity contribution >= 4 is 5.91 Å². The summed E-state index contributed by atoms with van der Waals surface area (Å²) in [6, 6.07) is 0. The summed E-state index contributed by atoms with van der Waals surface area (Å²) in [4.78, 5) is 17.4. The highest BCUT2D eigenvalue weighted by Crippen LogP contribution is 2.49. The molecular formula is C11H17NO2. The zero-order valence-electron chi connectivity index (χ0n) is 8.45. The van der Waals surface area contributed by atoms with Gasteiger partial charge in [-0.05, 0) is 37.5 Å². The number of nitrogens with zero attached hydrogens (tertiary/aromatic N) is 1. The van der Waals surface area contributed by atoms with E-state index in [0.717, 1.165) is 31.9 Å². The van der Waals surface area contributed by atoms with Crippen LogP contribution in [0.1, 0.15) is 32.1 Å². The Morgan fingerprint density at radius 3 is 2.79 bits per heavy atom. The van der Waals surface area contributed by atoms with E-state index in [1.54, 1.807) is 5.06 Å². The Balaban J connectivity index is 1.67. The first-order valence-electron chi connectivity index (χ1n) is 5.79. The molecule has 14 heavy (non-hydrogen) atoms. The maximum absolute atomic E-state index is 12.0. The van der Waals surface area contributed by atoms with E-state index in [1.165, 1.54) is 19.3 Å². The van der Waals surface area contributed by atoms with Crippen molar-refractivity contribution < 1.29 is 9.63 Å². The number of rotatable bonds is 1. The van der Waals surface area contributed by atoms with Crippen LogP contribution in [0.5, 0.6) is 0 Å². The number of carbonyl (C=O) groups excluding carboxylic acids is 1. The lowest BCUT2D eigenvalue weighted by molar-refractivity contribution is -0.175. The van der Waals surface area contributed by atoms with E-state index in [0.29, 0.717) is 11.8 Å². The van der Waals surface area contributed by atoms with Crippen LogP contribution in [-0.2, 0) is 9.63 Å². The fourth-order valence-corrected chi connectivity index (χ4v) is 3.35. The first-order valence-corrected chi connectivity index (χ1v) is 5.79. The fraction of sp³-hybridized carbons (Fsp3) is 0.909. The molecule has 2 bridgehead atoms.